The summed E-state index contributed by atoms with van der Waals surface area (Å²) >= 11 is 1.67. The lowest BCUT2D eigenvalue weighted by Crippen LogP contribution is -2.09. The van der Waals surface area contributed by atoms with Crippen LogP contribution in [0.5, 0.6) is 0 Å². The minimum absolute atomic E-state index is 0.786. The standard InChI is InChI=1S/C12H15N3S/c1-15(2)11-5-3-4-10(8-11)14-9-12-13-6-7-16-12/h3-8,14H,9H2,1-2H3. The Hall–Kier alpha value is -1.55. The van der Waals surface area contributed by atoms with E-state index in [0.29, 0.717) is 0 Å². The van der Waals surface area contributed by atoms with E-state index in [-0.39, 0.29) is 0 Å². The lowest BCUT2D eigenvalue weighted by atomic mass is 10.2. The lowest BCUT2D eigenvalue weighted by molar-refractivity contribution is 1.10. The van der Waals surface area contributed by atoms with Gasteiger partial charge in [-0.3, -0.25) is 0 Å². The van der Waals surface area contributed by atoms with Crippen LogP contribution in [-0.2, 0) is 6.54 Å². The van der Waals surface area contributed by atoms with E-state index in [1.807, 2.05) is 25.7 Å². The van der Waals surface area contributed by atoms with Crippen molar-refractivity contribution in [1.29, 1.82) is 0 Å². The highest BCUT2D eigenvalue weighted by Gasteiger charge is 1.98. The van der Waals surface area contributed by atoms with E-state index in [9.17, 15) is 0 Å². The minimum Gasteiger partial charge on any atom is -0.378 e. The van der Waals surface area contributed by atoms with E-state index in [0.717, 1.165) is 17.2 Å². The molecule has 0 fully saturated rings. The second-order valence-electron chi connectivity index (χ2n) is 3.72. The average Bonchev–Trinajstić information content (AvgIpc) is 2.79. The first-order valence-corrected chi connectivity index (χ1v) is 6.03. The van der Waals surface area contributed by atoms with Crippen LogP contribution >= 0.6 is 11.3 Å². The first kappa shape index (κ1) is 11.0. The van der Waals surface area contributed by atoms with E-state index < -0.39 is 0 Å². The van der Waals surface area contributed by atoms with Crippen LogP contribution in [0.2, 0.25) is 0 Å². The number of aromatic nitrogens is 1. The van der Waals surface area contributed by atoms with Crippen LogP contribution < -0.4 is 10.2 Å². The first-order chi connectivity index (χ1) is 7.75. The van der Waals surface area contributed by atoms with Gasteiger partial charge in [0.25, 0.3) is 0 Å². The van der Waals surface area contributed by atoms with Crippen LogP contribution in [0.1, 0.15) is 5.01 Å². The van der Waals surface area contributed by atoms with Crippen molar-refractivity contribution in [1.82, 2.24) is 4.98 Å². The van der Waals surface area contributed by atoms with E-state index in [1.165, 1.54) is 5.69 Å². The molecular formula is C12H15N3S. The number of rotatable bonds is 4. The maximum atomic E-state index is 4.23. The van der Waals surface area contributed by atoms with Crippen molar-refractivity contribution in [2.45, 2.75) is 6.54 Å². The highest BCUT2D eigenvalue weighted by molar-refractivity contribution is 7.09. The third-order valence-electron chi connectivity index (χ3n) is 2.29. The van der Waals surface area contributed by atoms with Crippen LogP contribution in [0.25, 0.3) is 0 Å². The molecule has 0 saturated carbocycles. The molecule has 1 aromatic heterocycles. The van der Waals surface area contributed by atoms with E-state index in [2.05, 4.69) is 39.5 Å². The molecule has 0 aliphatic rings. The quantitative estimate of drug-likeness (QED) is 0.880. The zero-order chi connectivity index (χ0) is 11.4. The Morgan fingerprint density at radius 1 is 1.38 bits per heavy atom. The molecule has 0 atom stereocenters. The molecule has 0 unspecified atom stereocenters. The summed E-state index contributed by atoms with van der Waals surface area (Å²) in [5.41, 5.74) is 2.32. The highest BCUT2D eigenvalue weighted by Crippen LogP contribution is 2.18. The second-order valence-corrected chi connectivity index (χ2v) is 4.70. The fourth-order valence-corrected chi connectivity index (χ4v) is 1.97. The van der Waals surface area contributed by atoms with E-state index >= 15 is 0 Å². The fraction of sp³-hybridized carbons (Fsp3) is 0.250. The third-order valence-corrected chi connectivity index (χ3v) is 3.07. The topological polar surface area (TPSA) is 28.2 Å². The SMILES string of the molecule is CN(C)c1cccc(NCc2nccs2)c1. The molecule has 1 heterocycles. The smallest absolute Gasteiger partial charge is 0.112 e. The largest absolute Gasteiger partial charge is 0.378 e. The monoisotopic (exact) mass is 233 g/mol. The molecule has 0 spiro atoms. The third kappa shape index (κ3) is 2.73. The maximum absolute atomic E-state index is 4.23. The Kier molecular flexibility index (Phi) is 3.41. The van der Waals surface area contributed by atoms with Gasteiger partial charge in [0, 0.05) is 37.0 Å². The van der Waals surface area contributed by atoms with Crippen LogP contribution in [0, 0.1) is 0 Å². The fourth-order valence-electron chi connectivity index (χ4n) is 1.41. The molecule has 0 aliphatic heterocycles. The number of anilines is 2. The van der Waals surface area contributed by atoms with Crippen molar-refractivity contribution in [2.24, 2.45) is 0 Å². The van der Waals surface area contributed by atoms with Crippen LogP contribution in [-0.4, -0.2) is 19.1 Å². The molecule has 1 aromatic carbocycles. The van der Waals surface area contributed by atoms with Crippen molar-refractivity contribution >= 4 is 22.7 Å². The zero-order valence-corrected chi connectivity index (χ0v) is 10.3. The van der Waals surface area contributed by atoms with Gasteiger partial charge >= 0.3 is 0 Å². The Labute approximate surface area is 99.8 Å². The molecule has 0 bridgehead atoms. The molecule has 0 saturated heterocycles. The molecule has 2 aromatic rings. The predicted molar refractivity (Wildman–Crippen MR) is 70.2 cm³/mol. The van der Waals surface area contributed by atoms with Gasteiger partial charge in [-0.2, -0.15) is 0 Å². The minimum atomic E-state index is 0.786. The lowest BCUT2D eigenvalue weighted by Gasteiger charge is -2.14. The molecule has 16 heavy (non-hydrogen) atoms. The molecule has 0 amide bonds. The van der Waals surface area contributed by atoms with Gasteiger partial charge in [0.05, 0.1) is 6.54 Å². The molecular weight excluding hydrogens is 218 g/mol. The van der Waals surface area contributed by atoms with Gasteiger partial charge in [-0.25, -0.2) is 4.98 Å². The summed E-state index contributed by atoms with van der Waals surface area (Å²) in [6.45, 7) is 0.786. The second kappa shape index (κ2) is 4.99. The summed E-state index contributed by atoms with van der Waals surface area (Å²) in [4.78, 5) is 6.33. The maximum Gasteiger partial charge on any atom is 0.112 e. The van der Waals surface area contributed by atoms with Gasteiger partial charge in [-0.15, -0.1) is 11.3 Å². The van der Waals surface area contributed by atoms with Crippen LogP contribution in [0.3, 0.4) is 0 Å². The van der Waals surface area contributed by atoms with Gasteiger partial charge in [0.2, 0.25) is 0 Å². The van der Waals surface area contributed by atoms with Gasteiger partial charge in [-0.1, -0.05) is 6.07 Å². The summed E-state index contributed by atoms with van der Waals surface area (Å²) in [5.74, 6) is 0. The van der Waals surface area contributed by atoms with Crippen LogP contribution in [0.15, 0.2) is 35.8 Å². The number of thiazole rings is 1. The van der Waals surface area contributed by atoms with Gasteiger partial charge < -0.3 is 10.2 Å². The number of benzene rings is 1. The van der Waals surface area contributed by atoms with Crippen molar-refractivity contribution in [3.63, 3.8) is 0 Å². The Bertz CT molecular complexity index is 437. The average molecular weight is 233 g/mol. The molecule has 84 valence electrons. The summed E-state index contributed by atoms with van der Waals surface area (Å²) < 4.78 is 0. The van der Waals surface area contributed by atoms with Crippen molar-refractivity contribution in [2.75, 3.05) is 24.3 Å². The number of hydrogen-bond acceptors (Lipinski definition) is 4. The van der Waals surface area contributed by atoms with E-state index in [4.69, 9.17) is 0 Å². The summed E-state index contributed by atoms with van der Waals surface area (Å²) in [7, 11) is 4.08. The van der Waals surface area contributed by atoms with Gasteiger partial charge in [0.1, 0.15) is 5.01 Å². The highest BCUT2D eigenvalue weighted by atomic mass is 32.1. The predicted octanol–water partition coefficient (Wildman–Crippen LogP) is 2.82. The van der Waals surface area contributed by atoms with Crippen molar-refractivity contribution in [3.05, 3.63) is 40.8 Å². The number of hydrogen-bond donors (Lipinski definition) is 1. The molecule has 1 N–H and O–H groups in total. The zero-order valence-electron chi connectivity index (χ0n) is 9.47. The number of nitrogens with one attached hydrogen (secondary N) is 1. The molecule has 2 rings (SSSR count). The molecule has 0 radical (unpaired) electrons. The Morgan fingerprint density at radius 2 is 2.25 bits per heavy atom. The van der Waals surface area contributed by atoms with E-state index in [1.54, 1.807) is 11.3 Å². The van der Waals surface area contributed by atoms with Gasteiger partial charge in [0.15, 0.2) is 0 Å². The summed E-state index contributed by atoms with van der Waals surface area (Å²) in [5, 5.41) is 6.46. The van der Waals surface area contributed by atoms with Gasteiger partial charge in [-0.05, 0) is 18.2 Å². The Morgan fingerprint density at radius 3 is 2.94 bits per heavy atom. The van der Waals surface area contributed by atoms with Crippen LogP contribution in [0.4, 0.5) is 11.4 Å². The van der Waals surface area contributed by atoms with Crippen molar-refractivity contribution in [3.8, 4) is 0 Å². The summed E-state index contributed by atoms with van der Waals surface area (Å²) in [6, 6.07) is 8.35. The summed E-state index contributed by atoms with van der Waals surface area (Å²) in [6.07, 6.45) is 1.83. The first-order valence-electron chi connectivity index (χ1n) is 5.15. The number of nitrogens with zero attached hydrogens (tertiary/aromatic N) is 2. The molecule has 0 aliphatic carbocycles. The van der Waals surface area contributed by atoms with Crippen molar-refractivity contribution < 1.29 is 0 Å². The molecule has 4 heteroatoms. The Balaban J connectivity index is 2.01. The molecule has 3 nitrogen and oxygen atoms in total. The normalized spacial score (nSPS) is 10.1.